The Balaban J connectivity index is 1.92. The molecular weight excluding hydrogens is 358 g/mol. The highest BCUT2D eigenvalue weighted by atomic mass is 32.2. The minimum absolute atomic E-state index is 0.0265. The van der Waals surface area contributed by atoms with E-state index in [1.165, 1.54) is 5.56 Å². The van der Waals surface area contributed by atoms with Gasteiger partial charge in [-0.1, -0.05) is 43.8 Å². The normalized spacial score (nSPS) is 12.4. The Bertz CT molecular complexity index is 920. The number of anilines is 2. The Kier molecular flexibility index (Phi) is 5.65. The van der Waals surface area contributed by atoms with Gasteiger partial charge in [-0.25, -0.2) is 4.98 Å². The van der Waals surface area contributed by atoms with Gasteiger partial charge in [0.1, 0.15) is 5.82 Å². The number of nitrogens with zero attached hydrogens (tertiary/aromatic N) is 6. The predicted octanol–water partition coefficient (Wildman–Crippen LogP) is 3.68. The van der Waals surface area contributed by atoms with Crippen LogP contribution in [0, 0.1) is 0 Å². The molecule has 0 saturated carbocycles. The first-order chi connectivity index (χ1) is 12.9. The Morgan fingerprint density at radius 2 is 1.81 bits per heavy atom. The number of hydrogen-bond donors (Lipinski definition) is 1. The molecule has 0 spiro atoms. The van der Waals surface area contributed by atoms with E-state index in [-0.39, 0.29) is 11.2 Å². The Labute approximate surface area is 164 Å². The maximum atomic E-state index is 5.86. The lowest BCUT2D eigenvalue weighted by Crippen LogP contribution is -2.16. The van der Waals surface area contributed by atoms with E-state index in [1.54, 1.807) is 11.8 Å². The van der Waals surface area contributed by atoms with Crippen molar-refractivity contribution in [2.75, 3.05) is 24.7 Å². The SMILES string of the molecule is CC(C)c1ccccc1-n1ccnc1SC(C)c1nc(N)nc(N(C)C)n1. The molecule has 7 nitrogen and oxygen atoms in total. The average Bonchev–Trinajstić information content (AvgIpc) is 3.09. The van der Waals surface area contributed by atoms with Crippen LogP contribution in [0.3, 0.4) is 0 Å². The number of hydrogen-bond acceptors (Lipinski definition) is 7. The number of nitrogen functional groups attached to an aromatic ring is 1. The zero-order valence-corrected chi connectivity index (χ0v) is 17.1. The summed E-state index contributed by atoms with van der Waals surface area (Å²) < 4.78 is 2.12. The van der Waals surface area contributed by atoms with Crippen LogP contribution in [0.15, 0.2) is 41.8 Å². The first-order valence-corrected chi connectivity index (χ1v) is 9.73. The smallest absolute Gasteiger partial charge is 0.229 e. The lowest BCUT2D eigenvalue weighted by atomic mass is 10.0. The second kappa shape index (κ2) is 7.96. The first kappa shape index (κ1) is 19.2. The fourth-order valence-electron chi connectivity index (χ4n) is 2.75. The Morgan fingerprint density at radius 1 is 1.07 bits per heavy atom. The monoisotopic (exact) mass is 383 g/mol. The number of nitrogens with two attached hydrogens (primary N) is 1. The molecule has 0 aliphatic rings. The quantitative estimate of drug-likeness (QED) is 0.650. The van der Waals surface area contributed by atoms with E-state index in [2.05, 4.69) is 62.6 Å². The van der Waals surface area contributed by atoms with Gasteiger partial charge in [0, 0.05) is 26.5 Å². The molecule has 2 heterocycles. The van der Waals surface area contributed by atoms with Gasteiger partial charge in [-0.15, -0.1) is 0 Å². The maximum absolute atomic E-state index is 5.86. The third-order valence-corrected chi connectivity index (χ3v) is 5.21. The molecule has 0 saturated heterocycles. The zero-order chi connectivity index (χ0) is 19.6. The third-order valence-electron chi connectivity index (χ3n) is 4.13. The molecule has 2 aromatic heterocycles. The van der Waals surface area contributed by atoms with E-state index >= 15 is 0 Å². The highest BCUT2D eigenvalue weighted by Crippen LogP contribution is 2.35. The van der Waals surface area contributed by atoms with E-state index in [1.807, 2.05) is 38.3 Å². The largest absolute Gasteiger partial charge is 0.368 e. The van der Waals surface area contributed by atoms with Gasteiger partial charge in [0.2, 0.25) is 11.9 Å². The highest BCUT2D eigenvalue weighted by Gasteiger charge is 2.18. The first-order valence-electron chi connectivity index (χ1n) is 8.85. The second-order valence-electron chi connectivity index (χ2n) is 6.80. The van der Waals surface area contributed by atoms with E-state index < -0.39 is 0 Å². The highest BCUT2D eigenvalue weighted by molar-refractivity contribution is 7.99. The summed E-state index contributed by atoms with van der Waals surface area (Å²) in [6, 6.07) is 8.40. The molecule has 3 aromatic rings. The minimum Gasteiger partial charge on any atom is -0.368 e. The van der Waals surface area contributed by atoms with Gasteiger partial charge in [0.05, 0.1) is 10.9 Å². The van der Waals surface area contributed by atoms with Crippen molar-refractivity contribution in [3.05, 3.63) is 48.0 Å². The lowest BCUT2D eigenvalue weighted by molar-refractivity contribution is 0.811. The van der Waals surface area contributed by atoms with Crippen LogP contribution in [-0.2, 0) is 0 Å². The van der Waals surface area contributed by atoms with Crippen LogP contribution in [-0.4, -0.2) is 38.6 Å². The molecule has 0 fully saturated rings. The summed E-state index contributed by atoms with van der Waals surface area (Å²) in [6.45, 7) is 6.44. The van der Waals surface area contributed by atoms with Gasteiger partial charge in [-0.3, -0.25) is 4.57 Å². The molecule has 0 aliphatic carbocycles. The van der Waals surface area contributed by atoms with Crippen LogP contribution in [0.5, 0.6) is 0 Å². The zero-order valence-electron chi connectivity index (χ0n) is 16.3. The van der Waals surface area contributed by atoms with E-state index in [0.717, 1.165) is 10.8 Å². The number of aromatic nitrogens is 5. The van der Waals surface area contributed by atoms with Crippen molar-refractivity contribution in [2.24, 2.45) is 0 Å². The molecule has 142 valence electrons. The van der Waals surface area contributed by atoms with Crippen LogP contribution in [0.4, 0.5) is 11.9 Å². The molecule has 0 aliphatic heterocycles. The fraction of sp³-hybridized carbons (Fsp3) is 0.368. The molecule has 1 aromatic carbocycles. The summed E-state index contributed by atoms with van der Waals surface area (Å²) in [4.78, 5) is 19.4. The van der Waals surface area contributed by atoms with Crippen molar-refractivity contribution in [1.29, 1.82) is 0 Å². The van der Waals surface area contributed by atoms with E-state index in [0.29, 0.717) is 17.7 Å². The summed E-state index contributed by atoms with van der Waals surface area (Å²) in [5.41, 5.74) is 8.29. The molecule has 0 radical (unpaired) electrons. The molecule has 0 bridgehead atoms. The molecule has 27 heavy (non-hydrogen) atoms. The fourth-order valence-corrected chi connectivity index (χ4v) is 3.67. The maximum Gasteiger partial charge on any atom is 0.229 e. The average molecular weight is 384 g/mol. The summed E-state index contributed by atoms with van der Waals surface area (Å²) in [7, 11) is 3.76. The van der Waals surface area contributed by atoms with Crippen molar-refractivity contribution < 1.29 is 0 Å². The summed E-state index contributed by atoms with van der Waals surface area (Å²) >= 11 is 1.60. The summed E-state index contributed by atoms with van der Waals surface area (Å²) in [6.07, 6.45) is 3.81. The number of thioether (sulfide) groups is 1. The lowest BCUT2D eigenvalue weighted by Gasteiger charge is -2.17. The molecule has 1 unspecified atom stereocenters. The second-order valence-corrected chi connectivity index (χ2v) is 8.11. The van der Waals surface area contributed by atoms with Crippen LogP contribution in [0.1, 0.15) is 43.3 Å². The molecule has 8 heteroatoms. The summed E-state index contributed by atoms with van der Waals surface area (Å²) in [5, 5.41) is 0.863. The van der Waals surface area contributed by atoms with Crippen molar-refractivity contribution in [3.8, 4) is 5.69 Å². The predicted molar refractivity (Wildman–Crippen MR) is 110 cm³/mol. The van der Waals surface area contributed by atoms with E-state index in [4.69, 9.17) is 5.73 Å². The summed E-state index contributed by atoms with van der Waals surface area (Å²) in [5.74, 6) is 1.84. The number of rotatable bonds is 6. The van der Waals surface area contributed by atoms with Gasteiger partial charge >= 0.3 is 0 Å². The van der Waals surface area contributed by atoms with Gasteiger partial charge in [0.25, 0.3) is 0 Å². The number of para-hydroxylation sites is 1. The van der Waals surface area contributed by atoms with Gasteiger partial charge in [-0.05, 0) is 24.5 Å². The Morgan fingerprint density at radius 3 is 2.52 bits per heavy atom. The minimum atomic E-state index is -0.0265. The van der Waals surface area contributed by atoms with Gasteiger partial charge in [0.15, 0.2) is 5.16 Å². The van der Waals surface area contributed by atoms with Crippen LogP contribution >= 0.6 is 11.8 Å². The molecule has 1 atom stereocenters. The van der Waals surface area contributed by atoms with Crippen molar-refractivity contribution in [1.82, 2.24) is 24.5 Å². The molecule has 2 N–H and O–H groups in total. The molecule has 0 amide bonds. The van der Waals surface area contributed by atoms with Crippen LogP contribution in [0.25, 0.3) is 5.69 Å². The number of imidazole rings is 1. The Hall–Kier alpha value is -2.61. The number of benzene rings is 1. The van der Waals surface area contributed by atoms with Gasteiger partial charge in [-0.2, -0.15) is 15.0 Å². The third kappa shape index (κ3) is 4.21. The van der Waals surface area contributed by atoms with Crippen LogP contribution < -0.4 is 10.6 Å². The van der Waals surface area contributed by atoms with Gasteiger partial charge < -0.3 is 10.6 Å². The standard InChI is InChI=1S/C19H25N7S/c1-12(2)14-8-6-7-9-15(14)26-11-10-21-19(26)27-13(3)16-22-17(20)24-18(23-16)25(4)5/h6-13H,1-5H3,(H2,20,22,23,24). The molecule has 3 rings (SSSR count). The van der Waals surface area contributed by atoms with Crippen LogP contribution in [0.2, 0.25) is 0 Å². The van der Waals surface area contributed by atoms with Crippen molar-refractivity contribution in [2.45, 2.75) is 37.1 Å². The van der Waals surface area contributed by atoms with Crippen molar-refractivity contribution >= 4 is 23.7 Å². The van der Waals surface area contributed by atoms with Crippen molar-refractivity contribution in [3.63, 3.8) is 0 Å². The van der Waals surface area contributed by atoms with E-state index in [9.17, 15) is 0 Å². The topological polar surface area (TPSA) is 85.8 Å². The molecular formula is C19H25N7S.